The van der Waals surface area contributed by atoms with Gasteiger partial charge < -0.3 is 14.5 Å². The van der Waals surface area contributed by atoms with E-state index in [4.69, 9.17) is 4.42 Å². The van der Waals surface area contributed by atoms with E-state index >= 15 is 0 Å². The smallest absolute Gasteiger partial charge is 0.327 e. The van der Waals surface area contributed by atoms with Crippen LogP contribution in [0.4, 0.5) is 0 Å². The Kier molecular flexibility index (Phi) is 2.64. The highest BCUT2D eigenvalue weighted by molar-refractivity contribution is 5.75. The monoisotopic (exact) mass is 247 g/mol. The second-order valence-corrected chi connectivity index (χ2v) is 4.36. The standard InChI is InChI=1S/C12H13N3O3/c16-12(17)11-10-9(13-7-14-10)1-3-15(11)5-8-2-4-18-6-8/h2,4,6-7,11H,1,3,5H2,(H,13,14)(H,16,17)/t11-/m0/s1. The highest BCUT2D eigenvalue weighted by Crippen LogP contribution is 2.28. The van der Waals surface area contributed by atoms with Crippen LogP contribution in [-0.2, 0) is 17.8 Å². The highest BCUT2D eigenvalue weighted by Gasteiger charge is 2.35. The van der Waals surface area contributed by atoms with Gasteiger partial charge in [-0.25, -0.2) is 4.98 Å². The van der Waals surface area contributed by atoms with Crippen LogP contribution in [0.2, 0.25) is 0 Å². The van der Waals surface area contributed by atoms with Gasteiger partial charge in [-0.15, -0.1) is 0 Å². The first kappa shape index (κ1) is 11.0. The molecule has 0 bridgehead atoms. The quantitative estimate of drug-likeness (QED) is 0.851. The first-order valence-corrected chi connectivity index (χ1v) is 5.76. The molecule has 1 atom stereocenters. The average molecular weight is 247 g/mol. The Morgan fingerprint density at radius 3 is 3.28 bits per heavy atom. The van der Waals surface area contributed by atoms with E-state index in [2.05, 4.69) is 9.97 Å². The number of carbonyl (C=O) groups is 1. The number of furan rings is 1. The van der Waals surface area contributed by atoms with Crippen molar-refractivity contribution < 1.29 is 14.3 Å². The average Bonchev–Trinajstić information content (AvgIpc) is 2.98. The van der Waals surface area contributed by atoms with Crippen molar-refractivity contribution in [3.05, 3.63) is 41.9 Å². The summed E-state index contributed by atoms with van der Waals surface area (Å²) in [5.74, 6) is -0.869. The molecule has 2 N–H and O–H groups in total. The van der Waals surface area contributed by atoms with Crippen LogP contribution in [0.3, 0.4) is 0 Å². The fourth-order valence-corrected chi connectivity index (χ4v) is 2.39. The summed E-state index contributed by atoms with van der Waals surface area (Å²) in [5, 5.41) is 9.38. The molecule has 0 saturated carbocycles. The van der Waals surface area contributed by atoms with Crippen LogP contribution in [-0.4, -0.2) is 32.5 Å². The molecule has 94 valence electrons. The van der Waals surface area contributed by atoms with Crippen molar-refractivity contribution in [2.75, 3.05) is 6.54 Å². The van der Waals surface area contributed by atoms with Gasteiger partial charge >= 0.3 is 5.97 Å². The Morgan fingerprint density at radius 2 is 2.56 bits per heavy atom. The van der Waals surface area contributed by atoms with Crippen LogP contribution in [0.5, 0.6) is 0 Å². The number of H-pyrrole nitrogens is 1. The number of imidazole rings is 1. The van der Waals surface area contributed by atoms with Crippen molar-refractivity contribution in [2.45, 2.75) is 19.0 Å². The summed E-state index contributed by atoms with van der Waals surface area (Å²) in [7, 11) is 0. The van der Waals surface area contributed by atoms with Crippen LogP contribution in [0, 0.1) is 0 Å². The Morgan fingerprint density at radius 1 is 1.67 bits per heavy atom. The molecule has 6 nitrogen and oxygen atoms in total. The molecule has 0 fully saturated rings. The molecular weight excluding hydrogens is 234 g/mol. The number of aliphatic carboxylic acids is 1. The van der Waals surface area contributed by atoms with Crippen LogP contribution in [0.25, 0.3) is 0 Å². The number of nitrogens with zero attached hydrogens (tertiary/aromatic N) is 2. The Balaban J connectivity index is 1.89. The summed E-state index contributed by atoms with van der Waals surface area (Å²) >= 11 is 0. The fourth-order valence-electron chi connectivity index (χ4n) is 2.39. The van der Waals surface area contributed by atoms with Crippen molar-refractivity contribution >= 4 is 5.97 Å². The van der Waals surface area contributed by atoms with E-state index in [0.29, 0.717) is 18.8 Å². The SMILES string of the molecule is O=C(O)[C@@H]1c2nc[nH]c2CCN1Cc1ccoc1. The lowest BCUT2D eigenvalue weighted by Gasteiger charge is -2.31. The number of carboxylic acids is 1. The number of carboxylic acid groups (broad SMARTS) is 1. The van der Waals surface area contributed by atoms with E-state index in [1.165, 1.54) is 0 Å². The predicted octanol–water partition coefficient (Wildman–Crippen LogP) is 1.19. The van der Waals surface area contributed by atoms with Gasteiger partial charge in [0.25, 0.3) is 0 Å². The molecule has 3 rings (SSSR count). The molecule has 2 aromatic rings. The number of aromatic nitrogens is 2. The summed E-state index contributed by atoms with van der Waals surface area (Å²) in [5.41, 5.74) is 2.52. The summed E-state index contributed by atoms with van der Waals surface area (Å²) in [6.07, 6.45) is 5.58. The van der Waals surface area contributed by atoms with Gasteiger partial charge in [-0.2, -0.15) is 0 Å². The molecular formula is C12H13N3O3. The zero-order valence-corrected chi connectivity index (χ0v) is 9.67. The minimum atomic E-state index is -0.869. The first-order chi connectivity index (χ1) is 8.75. The first-order valence-electron chi connectivity index (χ1n) is 5.76. The number of hydrogen-bond acceptors (Lipinski definition) is 4. The molecule has 0 spiro atoms. The van der Waals surface area contributed by atoms with Crippen molar-refractivity contribution in [1.29, 1.82) is 0 Å². The maximum atomic E-state index is 11.4. The van der Waals surface area contributed by atoms with Crippen molar-refractivity contribution in [2.24, 2.45) is 0 Å². The van der Waals surface area contributed by atoms with Gasteiger partial charge in [0.1, 0.15) is 0 Å². The summed E-state index contributed by atoms with van der Waals surface area (Å²) < 4.78 is 5.01. The number of rotatable bonds is 3. The maximum absolute atomic E-state index is 11.4. The Labute approximate surface area is 103 Å². The second-order valence-electron chi connectivity index (χ2n) is 4.36. The largest absolute Gasteiger partial charge is 0.480 e. The number of nitrogens with one attached hydrogen (secondary N) is 1. The zero-order chi connectivity index (χ0) is 12.5. The van der Waals surface area contributed by atoms with E-state index in [1.54, 1.807) is 18.9 Å². The molecule has 0 unspecified atom stereocenters. The molecule has 0 radical (unpaired) electrons. The van der Waals surface area contributed by atoms with Gasteiger partial charge in [0.05, 0.1) is 24.5 Å². The number of hydrogen-bond donors (Lipinski definition) is 2. The third kappa shape index (κ3) is 1.80. The second kappa shape index (κ2) is 4.30. The molecule has 0 aromatic carbocycles. The van der Waals surface area contributed by atoms with Gasteiger partial charge in [0.15, 0.2) is 6.04 Å². The van der Waals surface area contributed by atoms with Gasteiger partial charge in [-0.1, -0.05) is 0 Å². The van der Waals surface area contributed by atoms with Gasteiger partial charge in [0.2, 0.25) is 0 Å². The summed E-state index contributed by atoms with van der Waals surface area (Å²) in [6, 6.07) is 1.16. The lowest BCUT2D eigenvalue weighted by Crippen LogP contribution is -2.39. The van der Waals surface area contributed by atoms with E-state index in [0.717, 1.165) is 17.7 Å². The topological polar surface area (TPSA) is 82.4 Å². The molecule has 3 heterocycles. The highest BCUT2D eigenvalue weighted by atomic mass is 16.4. The van der Waals surface area contributed by atoms with Crippen LogP contribution >= 0.6 is 0 Å². The lowest BCUT2D eigenvalue weighted by molar-refractivity contribution is -0.144. The van der Waals surface area contributed by atoms with Crippen molar-refractivity contribution in [3.63, 3.8) is 0 Å². The van der Waals surface area contributed by atoms with E-state index in [9.17, 15) is 9.90 Å². The molecule has 0 amide bonds. The minimum Gasteiger partial charge on any atom is -0.480 e. The minimum absolute atomic E-state index is 0.555. The van der Waals surface area contributed by atoms with Crippen LogP contribution in [0.1, 0.15) is 23.0 Å². The van der Waals surface area contributed by atoms with E-state index < -0.39 is 12.0 Å². The molecule has 0 aliphatic carbocycles. The molecule has 1 aliphatic rings. The number of aromatic amines is 1. The molecule has 2 aromatic heterocycles. The van der Waals surface area contributed by atoms with Crippen LogP contribution < -0.4 is 0 Å². The Hall–Kier alpha value is -2.08. The van der Waals surface area contributed by atoms with Crippen LogP contribution in [0.15, 0.2) is 29.3 Å². The van der Waals surface area contributed by atoms with E-state index in [1.807, 2.05) is 11.0 Å². The summed E-state index contributed by atoms with van der Waals surface area (Å²) in [6.45, 7) is 1.25. The molecule has 18 heavy (non-hydrogen) atoms. The third-order valence-corrected chi connectivity index (χ3v) is 3.22. The van der Waals surface area contributed by atoms with Gasteiger partial charge in [-0.05, 0) is 6.07 Å². The van der Waals surface area contributed by atoms with Gasteiger partial charge in [0, 0.05) is 30.8 Å². The maximum Gasteiger partial charge on any atom is 0.327 e. The third-order valence-electron chi connectivity index (χ3n) is 3.22. The van der Waals surface area contributed by atoms with Crippen molar-refractivity contribution in [1.82, 2.24) is 14.9 Å². The Bertz CT molecular complexity index is 547. The predicted molar refractivity (Wildman–Crippen MR) is 61.8 cm³/mol. The van der Waals surface area contributed by atoms with E-state index in [-0.39, 0.29) is 0 Å². The van der Waals surface area contributed by atoms with Gasteiger partial charge in [-0.3, -0.25) is 9.69 Å². The van der Waals surface area contributed by atoms with Crippen molar-refractivity contribution in [3.8, 4) is 0 Å². The molecule has 0 saturated heterocycles. The number of fused-ring (bicyclic) bond motifs is 1. The lowest BCUT2D eigenvalue weighted by atomic mass is 10.0. The fraction of sp³-hybridized carbons (Fsp3) is 0.333. The molecule has 6 heteroatoms. The zero-order valence-electron chi connectivity index (χ0n) is 9.67. The normalized spacial score (nSPS) is 19.7. The molecule has 1 aliphatic heterocycles. The summed E-state index contributed by atoms with van der Waals surface area (Å²) in [4.78, 5) is 20.5.